The molecule has 80 valence electrons. The fraction of sp³-hybridized carbons (Fsp3) is 0.556. The van der Waals surface area contributed by atoms with Crippen molar-refractivity contribution in [3.8, 4) is 0 Å². The van der Waals surface area contributed by atoms with Crippen molar-refractivity contribution in [1.82, 2.24) is 0 Å². The van der Waals surface area contributed by atoms with E-state index in [1.165, 1.54) is 11.8 Å². The Hall–Kier alpha value is -0.100. The lowest BCUT2D eigenvalue weighted by Crippen LogP contribution is -2.49. The number of rotatable bonds is 2. The molecule has 1 aliphatic carbocycles. The van der Waals surface area contributed by atoms with Crippen LogP contribution in [0.1, 0.15) is 6.92 Å². The predicted molar refractivity (Wildman–Crippen MR) is 64.6 cm³/mol. The molecule has 14 heavy (non-hydrogen) atoms. The Morgan fingerprint density at radius 2 is 2.00 bits per heavy atom. The monoisotopic (exact) mass is 232 g/mol. The van der Waals surface area contributed by atoms with Gasteiger partial charge in [0, 0.05) is 10.8 Å². The van der Waals surface area contributed by atoms with Gasteiger partial charge >= 0.3 is 0 Å². The molecule has 0 radical (unpaired) electrons. The van der Waals surface area contributed by atoms with Crippen molar-refractivity contribution < 1.29 is 5.11 Å². The van der Waals surface area contributed by atoms with E-state index in [2.05, 4.69) is 0 Å². The van der Waals surface area contributed by atoms with Gasteiger partial charge in [-0.1, -0.05) is 13.0 Å². The molecule has 0 amide bonds. The molecule has 1 aliphatic rings. The van der Waals surface area contributed by atoms with Crippen LogP contribution in [0.3, 0.4) is 0 Å². The smallest absolute Gasteiger partial charge is 0.153 e. The Morgan fingerprint density at radius 3 is 2.43 bits per heavy atom. The molecule has 0 spiro atoms. The molecule has 3 nitrogen and oxygen atoms in total. The lowest BCUT2D eigenvalue weighted by atomic mass is 9.92. The summed E-state index contributed by atoms with van der Waals surface area (Å²) in [6.07, 6.45) is 5.75. The molecule has 2 unspecified atom stereocenters. The van der Waals surface area contributed by atoms with E-state index in [0.29, 0.717) is 10.6 Å². The zero-order valence-electron chi connectivity index (χ0n) is 8.57. The molecule has 2 atom stereocenters. The van der Waals surface area contributed by atoms with Crippen LogP contribution in [0.5, 0.6) is 0 Å². The first-order valence-electron chi connectivity index (χ1n) is 4.26. The first kappa shape index (κ1) is 12.0. The average molecular weight is 232 g/mol. The Labute approximate surface area is 93.0 Å². The number of hydrogen-bond donors (Lipinski definition) is 3. The minimum absolute atomic E-state index is 0.111. The molecular formula is C9H16N2OS2. The molecule has 5 heteroatoms. The Balaban J connectivity index is 3.20. The third kappa shape index (κ3) is 1.82. The van der Waals surface area contributed by atoms with Crippen LogP contribution in [-0.2, 0) is 0 Å². The van der Waals surface area contributed by atoms with Crippen molar-refractivity contribution in [3.05, 3.63) is 21.6 Å². The van der Waals surface area contributed by atoms with Gasteiger partial charge in [0.15, 0.2) is 5.72 Å². The highest BCUT2D eigenvalue weighted by Gasteiger charge is 2.37. The molecule has 1 rings (SSSR count). The Kier molecular flexibility index (Phi) is 3.58. The van der Waals surface area contributed by atoms with Crippen LogP contribution < -0.4 is 11.5 Å². The zero-order chi connectivity index (χ0) is 10.9. The Morgan fingerprint density at radius 1 is 1.43 bits per heavy atom. The van der Waals surface area contributed by atoms with Gasteiger partial charge in [-0.3, -0.25) is 5.73 Å². The molecule has 0 aromatic carbocycles. The lowest BCUT2D eigenvalue weighted by Gasteiger charge is -2.35. The van der Waals surface area contributed by atoms with Crippen molar-refractivity contribution in [2.75, 3.05) is 12.5 Å². The first-order chi connectivity index (χ1) is 6.45. The van der Waals surface area contributed by atoms with E-state index in [4.69, 9.17) is 11.5 Å². The minimum Gasteiger partial charge on any atom is -0.397 e. The molecule has 0 saturated heterocycles. The lowest BCUT2D eigenvalue weighted by molar-refractivity contribution is 0.0550. The maximum Gasteiger partial charge on any atom is 0.153 e. The van der Waals surface area contributed by atoms with Gasteiger partial charge in [0.1, 0.15) is 0 Å². The molecule has 0 fully saturated rings. The van der Waals surface area contributed by atoms with E-state index in [1.807, 2.05) is 25.5 Å². The van der Waals surface area contributed by atoms with Crippen molar-refractivity contribution in [2.45, 2.75) is 12.6 Å². The quantitative estimate of drug-likeness (QED) is 0.621. The van der Waals surface area contributed by atoms with Gasteiger partial charge in [0.2, 0.25) is 0 Å². The molecule has 0 heterocycles. The molecular weight excluding hydrogens is 216 g/mol. The highest BCUT2D eigenvalue weighted by molar-refractivity contribution is 8.03. The summed E-state index contributed by atoms with van der Waals surface area (Å²) in [5.41, 5.74) is 11.0. The number of hydrogen-bond acceptors (Lipinski definition) is 5. The second-order valence-corrected chi connectivity index (χ2v) is 4.96. The van der Waals surface area contributed by atoms with E-state index in [1.54, 1.807) is 11.8 Å². The maximum atomic E-state index is 10.1. The summed E-state index contributed by atoms with van der Waals surface area (Å²) in [6.45, 7) is 1.89. The van der Waals surface area contributed by atoms with Gasteiger partial charge in [-0.05, 0) is 12.5 Å². The summed E-state index contributed by atoms with van der Waals surface area (Å²) in [6, 6.07) is 0. The summed E-state index contributed by atoms with van der Waals surface area (Å²) in [5, 5.41) is 10.1. The Bertz CT molecular complexity index is 297. The predicted octanol–water partition coefficient (Wildman–Crippen LogP) is 1.06. The molecule has 0 aromatic rings. The second-order valence-electron chi connectivity index (χ2n) is 3.30. The third-order valence-electron chi connectivity index (χ3n) is 2.39. The van der Waals surface area contributed by atoms with Gasteiger partial charge in [-0.25, -0.2) is 0 Å². The summed E-state index contributed by atoms with van der Waals surface area (Å²) >= 11 is 2.98. The third-order valence-corrected chi connectivity index (χ3v) is 4.14. The molecule has 0 aliphatic heterocycles. The summed E-state index contributed by atoms with van der Waals surface area (Å²) in [7, 11) is 0. The van der Waals surface area contributed by atoms with Crippen molar-refractivity contribution in [2.24, 2.45) is 17.4 Å². The molecule has 0 saturated carbocycles. The van der Waals surface area contributed by atoms with Crippen LogP contribution in [0.2, 0.25) is 0 Å². The fourth-order valence-electron chi connectivity index (χ4n) is 1.43. The molecule has 5 N–H and O–H groups in total. The summed E-state index contributed by atoms with van der Waals surface area (Å²) in [5.74, 6) is -0.111. The van der Waals surface area contributed by atoms with Crippen molar-refractivity contribution in [1.29, 1.82) is 0 Å². The van der Waals surface area contributed by atoms with Gasteiger partial charge in [0.25, 0.3) is 0 Å². The fourth-order valence-corrected chi connectivity index (χ4v) is 3.00. The van der Waals surface area contributed by atoms with E-state index in [0.717, 1.165) is 4.91 Å². The standard InChI is InChI=1S/C9H16N2OS2/c1-5-4-6(13-2)7(10)8(14-3)9(5,11)12/h4-5,12H,10-11H2,1-3H3. The number of thioether (sulfide) groups is 2. The molecule has 0 bridgehead atoms. The number of nitrogens with two attached hydrogens (primary N) is 2. The topological polar surface area (TPSA) is 72.3 Å². The zero-order valence-corrected chi connectivity index (χ0v) is 10.2. The van der Waals surface area contributed by atoms with Crippen LogP contribution >= 0.6 is 23.5 Å². The van der Waals surface area contributed by atoms with Gasteiger partial charge < -0.3 is 10.8 Å². The maximum absolute atomic E-state index is 10.1. The van der Waals surface area contributed by atoms with Crippen LogP contribution in [-0.4, -0.2) is 23.3 Å². The SMILES string of the molecule is CSC1=CC(C)C(N)(O)C(SC)=C1N. The van der Waals surface area contributed by atoms with Crippen LogP contribution in [0.15, 0.2) is 21.6 Å². The van der Waals surface area contributed by atoms with Gasteiger partial charge in [-0.2, -0.15) is 0 Å². The van der Waals surface area contributed by atoms with Crippen molar-refractivity contribution in [3.63, 3.8) is 0 Å². The van der Waals surface area contributed by atoms with Gasteiger partial charge in [0.05, 0.1) is 10.6 Å². The first-order valence-corrected chi connectivity index (χ1v) is 6.71. The molecule has 0 aromatic heterocycles. The number of aliphatic hydroxyl groups is 1. The van der Waals surface area contributed by atoms with Crippen LogP contribution in [0, 0.1) is 5.92 Å². The minimum atomic E-state index is -1.32. The highest BCUT2D eigenvalue weighted by atomic mass is 32.2. The normalized spacial score (nSPS) is 33.2. The largest absolute Gasteiger partial charge is 0.397 e. The summed E-state index contributed by atoms with van der Waals surface area (Å²) < 4.78 is 0. The van der Waals surface area contributed by atoms with E-state index in [9.17, 15) is 5.11 Å². The second kappa shape index (κ2) is 4.18. The van der Waals surface area contributed by atoms with Crippen molar-refractivity contribution >= 4 is 23.5 Å². The highest BCUT2D eigenvalue weighted by Crippen LogP contribution is 2.40. The average Bonchev–Trinajstić information content (AvgIpc) is 2.12. The van der Waals surface area contributed by atoms with Gasteiger partial charge in [-0.15, -0.1) is 23.5 Å². The summed E-state index contributed by atoms with van der Waals surface area (Å²) in [4.78, 5) is 1.66. The van der Waals surface area contributed by atoms with E-state index < -0.39 is 5.72 Å². The van der Waals surface area contributed by atoms with Crippen LogP contribution in [0.25, 0.3) is 0 Å². The van der Waals surface area contributed by atoms with E-state index >= 15 is 0 Å². The van der Waals surface area contributed by atoms with Crippen LogP contribution in [0.4, 0.5) is 0 Å². The van der Waals surface area contributed by atoms with E-state index in [-0.39, 0.29) is 5.92 Å².